The van der Waals surface area contributed by atoms with E-state index in [1.807, 2.05) is 0 Å². The first kappa shape index (κ1) is 11.0. The highest BCUT2D eigenvalue weighted by Gasteiger charge is 2.39. The van der Waals surface area contributed by atoms with Crippen molar-refractivity contribution in [1.29, 1.82) is 0 Å². The summed E-state index contributed by atoms with van der Waals surface area (Å²) < 4.78 is 10.2. The van der Waals surface area contributed by atoms with Crippen LogP contribution >= 0.6 is 31.9 Å². The van der Waals surface area contributed by atoms with E-state index < -0.39 is 3.42 Å². The molecule has 1 saturated heterocycles. The van der Waals surface area contributed by atoms with Gasteiger partial charge in [0.1, 0.15) is 6.10 Å². The molecule has 0 saturated carbocycles. The van der Waals surface area contributed by atoms with Crippen molar-refractivity contribution in [3.63, 3.8) is 0 Å². The Balaban J connectivity index is 2.35. The second kappa shape index (κ2) is 3.56. The topological polar surface area (TPSA) is 21.8 Å². The third kappa shape index (κ3) is 2.98. The second-order valence-electron chi connectivity index (χ2n) is 4.03. The van der Waals surface area contributed by atoms with Crippen molar-refractivity contribution in [2.75, 3.05) is 13.2 Å². The first-order valence-electron chi connectivity index (χ1n) is 3.96. The number of halogens is 2. The second-order valence-corrected chi connectivity index (χ2v) is 7.33. The molecule has 0 bridgehead atoms. The molecule has 1 fully saturated rings. The van der Waals surface area contributed by atoms with Crippen molar-refractivity contribution in [3.8, 4) is 0 Å². The number of alkyl halides is 2. The number of hydrogen-bond donors (Lipinski definition) is 0. The summed E-state index contributed by atoms with van der Waals surface area (Å²) in [7, 11) is 0. The predicted octanol–water partition coefficient (Wildman–Crippen LogP) is 2.89. The molecule has 0 aromatic heterocycles. The Morgan fingerprint density at radius 2 is 1.92 bits per heavy atom. The van der Waals surface area contributed by atoms with Gasteiger partial charge in [-0.3, -0.25) is 0 Å². The van der Waals surface area contributed by atoms with Crippen LogP contribution in [0.2, 0.25) is 0 Å². The number of hydrogen-bond acceptors (Lipinski definition) is 2. The van der Waals surface area contributed by atoms with Crippen LogP contribution in [0.5, 0.6) is 0 Å². The summed E-state index contributed by atoms with van der Waals surface area (Å²) in [6.07, 6.45) is 0.307. The molecule has 2 nitrogen and oxygen atoms in total. The first-order valence-corrected chi connectivity index (χ1v) is 5.55. The Kier molecular flexibility index (Phi) is 3.25. The lowest BCUT2D eigenvalue weighted by molar-refractivity contribution is 0.0209. The standard InChI is InChI=1S/C8H14Br2O2/c1-7(2,3)8(9,10)12-5-6-4-11-6/h6H,4-5H2,1-3H3. The molecule has 72 valence electrons. The van der Waals surface area contributed by atoms with Gasteiger partial charge < -0.3 is 9.47 Å². The smallest absolute Gasteiger partial charge is 0.182 e. The van der Waals surface area contributed by atoms with Gasteiger partial charge in [-0.15, -0.1) is 0 Å². The summed E-state index contributed by atoms with van der Waals surface area (Å²) in [5.41, 5.74) is 0.0158. The molecular formula is C8H14Br2O2. The van der Waals surface area contributed by atoms with Crippen LogP contribution in [0.25, 0.3) is 0 Å². The number of rotatable bonds is 3. The lowest BCUT2D eigenvalue weighted by Gasteiger charge is -2.34. The van der Waals surface area contributed by atoms with Crippen molar-refractivity contribution in [2.24, 2.45) is 5.41 Å². The molecule has 1 heterocycles. The van der Waals surface area contributed by atoms with Crippen LogP contribution in [0.1, 0.15) is 20.8 Å². The highest BCUT2D eigenvalue weighted by molar-refractivity contribution is 9.25. The van der Waals surface area contributed by atoms with Gasteiger partial charge in [-0.25, -0.2) is 0 Å². The van der Waals surface area contributed by atoms with Crippen LogP contribution in [0.3, 0.4) is 0 Å². The molecule has 0 aliphatic carbocycles. The molecule has 1 rings (SSSR count). The lowest BCUT2D eigenvalue weighted by Crippen LogP contribution is -2.34. The van der Waals surface area contributed by atoms with Gasteiger partial charge in [-0.2, -0.15) is 0 Å². The molecule has 0 spiro atoms. The summed E-state index contributed by atoms with van der Waals surface area (Å²) in [5, 5.41) is 0. The van der Waals surface area contributed by atoms with Crippen LogP contribution in [0, 0.1) is 5.41 Å². The van der Waals surface area contributed by atoms with Crippen molar-refractivity contribution in [1.82, 2.24) is 0 Å². The summed E-state index contributed by atoms with van der Waals surface area (Å²) in [4.78, 5) is 0. The van der Waals surface area contributed by atoms with Gasteiger partial charge >= 0.3 is 0 Å². The predicted molar refractivity (Wildman–Crippen MR) is 55.7 cm³/mol. The van der Waals surface area contributed by atoms with Gasteiger partial charge in [0, 0.05) is 5.41 Å². The van der Waals surface area contributed by atoms with E-state index in [0.29, 0.717) is 12.7 Å². The molecule has 0 aromatic rings. The monoisotopic (exact) mass is 300 g/mol. The third-order valence-electron chi connectivity index (χ3n) is 1.73. The van der Waals surface area contributed by atoms with Crippen molar-refractivity contribution in [2.45, 2.75) is 30.3 Å². The third-order valence-corrected chi connectivity index (χ3v) is 4.56. The average molecular weight is 302 g/mol. The fraction of sp³-hybridized carbons (Fsp3) is 1.00. The maximum Gasteiger partial charge on any atom is 0.182 e. The molecule has 0 amide bonds. The van der Waals surface area contributed by atoms with Crippen LogP contribution < -0.4 is 0 Å². The quantitative estimate of drug-likeness (QED) is 0.590. The lowest BCUT2D eigenvalue weighted by atomic mass is 9.98. The molecule has 1 aliphatic heterocycles. The Hall–Kier alpha value is 0.880. The Bertz CT molecular complexity index is 159. The Morgan fingerprint density at radius 1 is 1.42 bits per heavy atom. The zero-order chi connectivity index (χ0) is 9.41. The van der Waals surface area contributed by atoms with Gasteiger partial charge in [0.2, 0.25) is 0 Å². The minimum atomic E-state index is -0.445. The summed E-state index contributed by atoms with van der Waals surface area (Å²) in [6.45, 7) is 7.78. The van der Waals surface area contributed by atoms with Gasteiger partial charge in [-0.1, -0.05) is 20.8 Å². The minimum Gasteiger partial charge on any atom is -0.371 e. The summed E-state index contributed by atoms with van der Waals surface area (Å²) >= 11 is 7.00. The van der Waals surface area contributed by atoms with Crippen LogP contribution in [-0.2, 0) is 9.47 Å². The van der Waals surface area contributed by atoms with E-state index in [1.54, 1.807) is 0 Å². The summed E-state index contributed by atoms with van der Waals surface area (Å²) in [5.74, 6) is 0. The van der Waals surface area contributed by atoms with E-state index in [-0.39, 0.29) is 5.41 Å². The molecule has 1 unspecified atom stereocenters. The molecule has 1 atom stereocenters. The maximum atomic E-state index is 5.63. The fourth-order valence-electron chi connectivity index (χ4n) is 0.578. The van der Waals surface area contributed by atoms with Crippen molar-refractivity contribution in [3.05, 3.63) is 0 Å². The molecular weight excluding hydrogens is 288 g/mol. The van der Waals surface area contributed by atoms with E-state index in [9.17, 15) is 0 Å². The van der Waals surface area contributed by atoms with Crippen LogP contribution in [0.15, 0.2) is 0 Å². The summed E-state index contributed by atoms with van der Waals surface area (Å²) in [6, 6.07) is 0. The number of epoxide rings is 1. The number of ether oxygens (including phenoxy) is 2. The fourth-order valence-corrected chi connectivity index (χ4v) is 0.843. The highest BCUT2D eigenvalue weighted by Crippen LogP contribution is 2.44. The van der Waals surface area contributed by atoms with Gasteiger partial charge in [0.15, 0.2) is 3.42 Å². The Labute approximate surface area is 90.3 Å². The zero-order valence-corrected chi connectivity index (χ0v) is 10.7. The first-order chi connectivity index (χ1) is 5.33. The minimum absolute atomic E-state index is 0.0158. The maximum absolute atomic E-state index is 5.63. The van der Waals surface area contributed by atoms with E-state index in [0.717, 1.165) is 6.61 Å². The van der Waals surface area contributed by atoms with Crippen molar-refractivity contribution >= 4 is 31.9 Å². The van der Waals surface area contributed by atoms with Crippen LogP contribution in [0.4, 0.5) is 0 Å². The van der Waals surface area contributed by atoms with E-state index in [2.05, 4.69) is 52.6 Å². The molecule has 0 aromatic carbocycles. The van der Waals surface area contributed by atoms with E-state index >= 15 is 0 Å². The van der Waals surface area contributed by atoms with Gasteiger partial charge in [0.25, 0.3) is 0 Å². The molecule has 0 radical (unpaired) electrons. The van der Waals surface area contributed by atoms with Gasteiger partial charge in [-0.05, 0) is 31.9 Å². The zero-order valence-electron chi connectivity index (χ0n) is 7.56. The molecule has 4 heteroatoms. The molecule has 1 aliphatic rings. The van der Waals surface area contributed by atoms with E-state index in [1.165, 1.54) is 0 Å². The van der Waals surface area contributed by atoms with E-state index in [4.69, 9.17) is 9.47 Å². The normalized spacial score (nSPS) is 24.2. The highest BCUT2D eigenvalue weighted by atomic mass is 79.9. The Morgan fingerprint density at radius 3 is 2.25 bits per heavy atom. The van der Waals surface area contributed by atoms with Gasteiger partial charge in [0.05, 0.1) is 13.2 Å². The van der Waals surface area contributed by atoms with Crippen molar-refractivity contribution < 1.29 is 9.47 Å². The largest absolute Gasteiger partial charge is 0.371 e. The molecule has 12 heavy (non-hydrogen) atoms. The SMILES string of the molecule is CC(C)(C)C(Br)(Br)OCC1CO1. The molecule has 0 N–H and O–H groups in total. The average Bonchev–Trinajstić information content (AvgIpc) is 2.62. The van der Waals surface area contributed by atoms with Crippen LogP contribution in [-0.4, -0.2) is 22.7 Å².